The minimum Gasteiger partial charge on any atom is -0.350 e. The summed E-state index contributed by atoms with van der Waals surface area (Å²) in [5, 5.41) is 10.3. The molecule has 1 amide bonds. The van der Waals surface area contributed by atoms with Crippen molar-refractivity contribution in [3.63, 3.8) is 0 Å². The average Bonchev–Trinajstić information content (AvgIpc) is 3.11. The van der Waals surface area contributed by atoms with Crippen molar-refractivity contribution in [2.24, 2.45) is 0 Å². The van der Waals surface area contributed by atoms with Gasteiger partial charge in [-0.3, -0.25) is 14.5 Å². The van der Waals surface area contributed by atoms with Crippen molar-refractivity contribution in [2.45, 2.75) is 26.9 Å². The maximum atomic E-state index is 13.7. The van der Waals surface area contributed by atoms with Crippen LogP contribution in [0.5, 0.6) is 0 Å². The molecule has 1 aliphatic heterocycles. The maximum absolute atomic E-state index is 13.7. The van der Waals surface area contributed by atoms with Crippen LogP contribution in [0.15, 0.2) is 24.7 Å². The van der Waals surface area contributed by atoms with E-state index in [0.717, 1.165) is 11.1 Å². The molecule has 0 aromatic carbocycles. The van der Waals surface area contributed by atoms with E-state index in [0.29, 0.717) is 41.9 Å². The number of aryl methyl sites for hydroxylation is 2. The third-order valence-electron chi connectivity index (χ3n) is 4.64. The lowest BCUT2D eigenvalue weighted by atomic mass is 10.2. The molecule has 0 fully saturated rings. The number of carbonyl (C=O) groups is 1. The molecule has 0 spiro atoms. The molecule has 0 aliphatic carbocycles. The van der Waals surface area contributed by atoms with Gasteiger partial charge in [-0.05, 0) is 25.5 Å². The van der Waals surface area contributed by atoms with Crippen LogP contribution in [-0.2, 0) is 17.9 Å². The average molecular weight is 396 g/mol. The molecule has 9 nitrogen and oxygen atoms in total. The van der Waals surface area contributed by atoms with E-state index in [1.165, 1.54) is 6.07 Å². The lowest BCUT2D eigenvalue weighted by molar-refractivity contribution is -0.115. The van der Waals surface area contributed by atoms with E-state index in [2.05, 4.69) is 30.7 Å². The normalized spacial score (nSPS) is 13.2. The van der Waals surface area contributed by atoms with Gasteiger partial charge in [0.2, 0.25) is 11.9 Å². The highest BCUT2D eigenvalue weighted by Crippen LogP contribution is 2.29. The van der Waals surface area contributed by atoms with Gasteiger partial charge in [0.15, 0.2) is 5.82 Å². The fourth-order valence-electron chi connectivity index (χ4n) is 3.11. The summed E-state index contributed by atoms with van der Waals surface area (Å²) >= 11 is 0. The van der Waals surface area contributed by atoms with Crippen molar-refractivity contribution in [3.8, 4) is 0 Å². The predicted molar refractivity (Wildman–Crippen MR) is 106 cm³/mol. The van der Waals surface area contributed by atoms with Crippen molar-refractivity contribution in [3.05, 3.63) is 53.0 Å². The fourth-order valence-corrected chi connectivity index (χ4v) is 3.11. The third-order valence-corrected chi connectivity index (χ3v) is 4.64. The molecular formula is C19H21FN8O. The number of rotatable bonds is 5. The molecule has 10 heteroatoms. The van der Waals surface area contributed by atoms with E-state index in [9.17, 15) is 9.18 Å². The first-order valence-electron chi connectivity index (χ1n) is 9.15. The van der Waals surface area contributed by atoms with E-state index in [1.807, 2.05) is 20.2 Å². The summed E-state index contributed by atoms with van der Waals surface area (Å²) in [6, 6.07) is 1.47. The first-order chi connectivity index (χ1) is 13.9. The summed E-state index contributed by atoms with van der Waals surface area (Å²) in [4.78, 5) is 26.5. The summed E-state index contributed by atoms with van der Waals surface area (Å²) in [5.41, 5.74) is 3.40. The Morgan fingerprint density at radius 2 is 2.03 bits per heavy atom. The lowest BCUT2D eigenvalue weighted by Crippen LogP contribution is -2.36. The molecule has 0 bridgehead atoms. The zero-order chi connectivity index (χ0) is 20.5. The van der Waals surface area contributed by atoms with Crippen LogP contribution in [-0.4, -0.2) is 44.2 Å². The topological polar surface area (TPSA) is 101 Å². The number of hydrogen-bond donors (Lipinski definition) is 2. The molecule has 1 aliphatic rings. The number of nitrogens with zero attached hydrogens (tertiary/aromatic N) is 6. The van der Waals surface area contributed by atoms with Crippen molar-refractivity contribution in [1.82, 2.24) is 24.7 Å². The summed E-state index contributed by atoms with van der Waals surface area (Å²) < 4.78 is 15.4. The van der Waals surface area contributed by atoms with Gasteiger partial charge in [-0.15, -0.1) is 0 Å². The highest BCUT2D eigenvalue weighted by atomic mass is 19.1. The Hall–Kier alpha value is -3.56. The Bertz CT molecular complexity index is 1080. The standard InChI is InChI=1S/C19H21FN8O/c1-11-15(20)4-13(5-21-11)8-28-9-14(7-23-28)6-22-19-24-12(2)17-18(26-19)27(3)10-16(29)25-17/h4-5,7,9H,6,8,10H2,1-3H3,(H,25,29)(H,22,24,26). The number of fused-ring (bicyclic) bond motifs is 1. The summed E-state index contributed by atoms with van der Waals surface area (Å²) in [7, 11) is 1.82. The predicted octanol–water partition coefficient (Wildman–Crippen LogP) is 1.87. The molecule has 2 N–H and O–H groups in total. The number of carbonyl (C=O) groups excluding carboxylic acids is 1. The second kappa shape index (κ2) is 7.46. The third kappa shape index (κ3) is 4.00. The molecule has 4 rings (SSSR count). The zero-order valence-corrected chi connectivity index (χ0v) is 16.4. The molecule has 0 unspecified atom stereocenters. The number of nitrogens with one attached hydrogen (secondary N) is 2. The van der Waals surface area contributed by atoms with Gasteiger partial charge in [-0.1, -0.05) is 0 Å². The Morgan fingerprint density at radius 3 is 2.83 bits per heavy atom. The quantitative estimate of drug-likeness (QED) is 0.679. The van der Waals surface area contributed by atoms with Crippen LogP contribution in [0.25, 0.3) is 0 Å². The minimum atomic E-state index is -0.322. The number of likely N-dealkylation sites (N-methyl/N-ethyl adjacent to an activating group) is 1. The number of anilines is 3. The summed E-state index contributed by atoms with van der Waals surface area (Å²) in [6.45, 7) is 4.63. The first-order valence-corrected chi connectivity index (χ1v) is 9.15. The molecule has 0 radical (unpaired) electrons. The van der Waals surface area contributed by atoms with E-state index >= 15 is 0 Å². The van der Waals surface area contributed by atoms with Crippen molar-refractivity contribution >= 4 is 23.4 Å². The maximum Gasteiger partial charge on any atom is 0.244 e. The molecular weight excluding hydrogens is 375 g/mol. The molecule has 4 heterocycles. The first kappa shape index (κ1) is 18.8. The van der Waals surface area contributed by atoms with Gasteiger partial charge in [-0.25, -0.2) is 9.37 Å². The SMILES string of the molecule is Cc1ncc(Cn2cc(CNc3nc(C)c4c(n3)N(C)CC(=O)N4)cn2)cc1F. The fraction of sp³-hybridized carbons (Fsp3) is 0.316. The van der Waals surface area contributed by atoms with Crippen LogP contribution >= 0.6 is 0 Å². The van der Waals surface area contributed by atoms with Gasteiger partial charge in [0, 0.05) is 31.5 Å². The second-order valence-corrected chi connectivity index (χ2v) is 7.05. The Labute approximate surface area is 167 Å². The summed E-state index contributed by atoms with van der Waals surface area (Å²) in [5.74, 6) is 0.757. The Kier molecular flexibility index (Phi) is 4.83. The molecule has 3 aromatic rings. The van der Waals surface area contributed by atoms with Crippen molar-refractivity contribution in [1.29, 1.82) is 0 Å². The van der Waals surface area contributed by atoms with E-state index < -0.39 is 0 Å². The molecule has 3 aromatic heterocycles. The van der Waals surface area contributed by atoms with Crippen molar-refractivity contribution in [2.75, 3.05) is 29.1 Å². The number of halogens is 1. The molecule has 29 heavy (non-hydrogen) atoms. The van der Waals surface area contributed by atoms with Crippen LogP contribution in [0.2, 0.25) is 0 Å². The molecule has 0 saturated heterocycles. The van der Waals surface area contributed by atoms with Crippen LogP contribution in [0.1, 0.15) is 22.5 Å². The van der Waals surface area contributed by atoms with Crippen LogP contribution in [0.3, 0.4) is 0 Å². The number of amides is 1. The van der Waals surface area contributed by atoms with Crippen LogP contribution < -0.4 is 15.5 Å². The number of aromatic nitrogens is 5. The molecule has 0 atom stereocenters. The van der Waals surface area contributed by atoms with Gasteiger partial charge >= 0.3 is 0 Å². The van der Waals surface area contributed by atoms with Gasteiger partial charge in [-0.2, -0.15) is 10.1 Å². The Balaban J connectivity index is 1.43. The van der Waals surface area contributed by atoms with E-state index in [4.69, 9.17) is 0 Å². The smallest absolute Gasteiger partial charge is 0.244 e. The van der Waals surface area contributed by atoms with Gasteiger partial charge in [0.25, 0.3) is 0 Å². The number of pyridine rings is 1. The highest BCUT2D eigenvalue weighted by Gasteiger charge is 2.23. The van der Waals surface area contributed by atoms with Gasteiger partial charge < -0.3 is 15.5 Å². The molecule has 150 valence electrons. The van der Waals surface area contributed by atoms with E-state index in [-0.39, 0.29) is 18.3 Å². The van der Waals surface area contributed by atoms with Gasteiger partial charge in [0.1, 0.15) is 11.5 Å². The summed E-state index contributed by atoms with van der Waals surface area (Å²) in [6.07, 6.45) is 5.27. The minimum absolute atomic E-state index is 0.0801. The number of hydrogen-bond acceptors (Lipinski definition) is 7. The second-order valence-electron chi connectivity index (χ2n) is 7.05. The monoisotopic (exact) mass is 396 g/mol. The van der Waals surface area contributed by atoms with Gasteiger partial charge in [0.05, 0.1) is 30.7 Å². The Morgan fingerprint density at radius 1 is 1.21 bits per heavy atom. The lowest BCUT2D eigenvalue weighted by Gasteiger charge is -2.27. The largest absolute Gasteiger partial charge is 0.350 e. The van der Waals surface area contributed by atoms with E-state index in [1.54, 1.807) is 28.9 Å². The van der Waals surface area contributed by atoms with Crippen molar-refractivity contribution < 1.29 is 9.18 Å². The zero-order valence-electron chi connectivity index (χ0n) is 16.4. The highest BCUT2D eigenvalue weighted by molar-refractivity contribution is 6.00. The van der Waals surface area contributed by atoms with Crippen LogP contribution in [0.4, 0.5) is 21.8 Å². The van der Waals surface area contributed by atoms with Crippen LogP contribution in [0, 0.1) is 19.7 Å². The molecule has 0 saturated carbocycles.